The van der Waals surface area contributed by atoms with Gasteiger partial charge in [0, 0.05) is 12.8 Å². The maximum atomic E-state index is 12.5. The molecule has 384 valence electrons. The highest BCUT2D eigenvalue weighted by atomic mass is 16.5. The highest BCUT2D eigenvalue weighted by molar-refractivity contribution is 5.76. The third kappa shape index (κ3) is 51.6. The van der Waals surface area contributed by atoms with Crippen molar-refractivity contribution in [3.8, 4) is 0 Å². The summed E-state index contributed by atoms with van der Waals surface area (Å²) in [5.41, 5.74) is 0. The molecule has 0 aromatic heterocycles. The van der Waals surface area contributed by atoms with Crippen LogP contribution in [0.15, 0.2) is 24.3 Å². The Kier molecular flexibility index (Phi) is 53.5. The SMILES string of the molecule is CCCCCCCCCCCCCCCCCCCCCCCC(O)C(CO)NC(=O)CC/C=C\C/C=C\CCCCCCCCOC(=O)CCCCCCCCCCCCCCCC. The molecule has 2 atom stereocenters. The molecule has 3 N–H and O–H groups in total. The van der Waals surface area contributed by atoms with E-state index < -0.39 is 12.1 Å². The van der Waals surface area contributed by atoms with Crippen LogP contribution in [-0.2, 0) is 14.3 Å². The molecule has 0 aromatic rings. The lowest BCUT2D eigenvalue weighted by Crippen LogP contribution is -2.45. The van der Waals surface area contributed by atoms with Crippen LogP contribution in [0.25, 0.3) is 0 Å². The molecule has 0 radical (unpaired) electrons. The summed E-state index contributed by atoms with van der Waals surface area (Å²) in [6, 6.07) is -0.586. The van der Waals surface area contributed by atoms with Gasteiger partial charge in [0.05, 0.1) is 25.4 Å². The zero-order valence-corrected chi connectivity index (χ0v) is 43.7. The van der Waals surface area contributed by atoms with Crippen LogP contribution < -0.4 is 5.32 Å². The lowest BCUT2D eigenvalue weighted by molar-refractivity contribution is -0.143. The van der Waals surface area contributed by atoms with Gasteiger partial charge in [-0.2, -0.15) is 0 Å². The van der Waals surface area contributed by atoms with Gasteiger partial charge in [-0.05, 0) is 44.9 Å². The number of carbonyl (C=O) groups excluding carboxylic acids is 2. The fraction of sp³-hybridized carbons (Fsp3) is 0.898. The number of ether oxygens (including phenoxy) is 1. The monoisotopic (exact) mass is 916 g/mol. The second kappa shape index (κ2) is 54.9. The zero-order chi connectivity index (χ0) is 47.2. The van der Waals surface area contributed by atoms with Gasteiger partial charge in [0.25, 0.3) is 0 Å². The topological polar surface area (TPSA) is 95.9 Å². The molecule has 6 nitrogen and oxygen atoms in total. The van der Waals surface area contributed by atoms with E-state index in [-0.39, 0.29) is 18.5 Å². The molecule has 0 aliphatic carbocycles. The first-order valence-electron chi connectivity index (χ1n) is 29.1. The number of aliphatic hydroxyl groups excluding tert-OH is 2. The predicted octanol–water partition coefficient (Wildman–Crippen LogP) is 17.9. The minimum Gasteiger partial charge on any atom is -0.466 e. The molecule has 65 heavy (non-hydrogen) atoms. The minimum absolute atomic E-state index is 0.0141. The standard InChI is InChI=1S/C59H113NO5/c1-3-5-7-9-11-13-15-17-19-20-21-22-23-24-25-27-31-35-39-43-47-51-57(62)56(55-61)60-58(63)52-48-44-40-36-32-28-26-30-34-38-42-46-50-54-65-59(64)53-49-45-41-37-33-29-18-16-14-12-10-8-6-4-2/h28,32,40,44,56-57,61-62H,3-27,29-31,33-39,41-43,45-55H2,1-2H3,(H,60,63)/b32-28-,44-40-. The largest absolute Gasteiger partial charge is 0.466 e. The van der Waals surface area contributed by atoms with Crippen LogP contribution in [-0.4, -0.2) is 47.4 Å². The van der Waals surface area contributed by atoms with E-state index in [1.165, 1.54) is 225 Å². The number of carbonyl (C=O) groups is 2. The van der Waals surface area contributed by atoms with Crippen molar-refractivity contribution in [3.05, 3.63) is 24.3 Å². The number of esters is 1. The van der Waals surface area contributed by atoms with Crippen LogP contribution in [0.1, 0.15) is 316 Å². The van der Waals surface area contributed by atoms with E-state index >= 15 is 0 Å². The van der Waals surface area contributed by atoms with Crippen molar-refractivity contribution in [1.29, 1.82) is 0 Å². The van der Waals surface area contributed by atoms with Crippen LogP contribution in [0.3, 0.4) is 0 Å². The van der Waals surface area contributed by atoms with Gasteiger partial charge >= 0.3 is 5.97 Å². The van der Waals surface area contributed by atoms with Crippen molar-refractivity contribution in [3.63, 3.8) is 0 Å². The van der Waals surface area contributed by atoms with E-state index in [1.807, 2.05) is 6.08 Å². The third-order valence-electron chi connectivity index (χ3n) is 13.5. The number of unbranched alkanes of at least 4 members (excludes halogenated alkanes) is 39. The molecule has 0 bridgehead atoms. The number of hydrogen-bond donors (Lipinski definition) is 3. The molecule has 0 saturated carbocycles. The van der Waals surface area contributed by atoms with E-state index in [2.05, 4.69) is 37.4 Å². The summed E-state index contributed by atoms with van der Waals surface area (Å²) in [6.07, 6.45) is 66.1. The predicted molar refractivity (Wildman–Crippen MR) is 283 cm³/mol. The second-order valence-electron chi connectivity index (χ2n) is 20.0. The van der Waals surface area contributed by atoms with Gasteiger partial charge in [0.15, 0.2) is 0 Å². The molecule has 6 heteroatoms. The van der Waals surface area contributed by atoms with E-state index in [1.54, 1.807) is 0 Å². The summed E-state index contributed by atoms with van der Waals surface area (Å²) in [7, 11) is 0. The fourth-order valence-electron chi connectivity index (χ4n) is 9.04. The number of amides is 1. The van der Waals surface area contributed by atoms with Crippen LogP contribution in [0.4, 0.5) is 0 Å². The summed E-state index contributed by atoms with van der Waals surface area (Å²) < 4.78 is 5.46. The van der Waals surface area contributed by atoms with Gasteiger partial charge < -0.3 is 20.3 Å². The van der Waals surface area contributed by atoms with Gasteiger partial charge in [-0.3, -0.25) is 9.59 Å². The first-order valence-corrected chi connectivity index (χ1v) is 29.1. The Morgan fingerprint density at radius 3 is 1.20 bits per heavy atom. The van der Waals surface area contributed by atoms with Crippen molar-refractivity contribution >= 4 is 11.9 Å². The summed E-state index contributed by atoms with van der Waals surface area (Å²) >= 11 is 0. The van der Waals surface area contributed by atoms with Crippen LogP contribution >= 0.6 is 0 Å². The molecular weight excluding hydrogens is 803 g/mol. The van der Waals surface area contributed by atoms with Crippen molar-refractivity contribution < 1.29 is 24.5 Å². The molecule has 0 spiro atoms. The van der Waals surface area contributed by atoms with Crippen LogP contribution in [0.2, 0.25) is 0 Å². The van der Waals surface area contributed by atoms with Crippen LogP contribution in [0, 0.1) is 0 Å². The summed E-state index contributed by atoms with van der Waals surface area (Å²) in [4.78, 5) is 24.5. The Labute approximate surface area is 405 Å². The fourth-order valence-corrected chi connectivity index (χ4v) is 9.04. The smallest absolute Gasteiger partial charge is 0.305 e. The summed E-state index contributed by atoms with van der Waals surface area (Å²) in [5.74, 6) is -0.127. The number of nitrogens with one attached hydrogen (secondary N) is 1. The Morgan fingerprint density at radius 1 is 0.431 bits per heavy atom. The Morgan fingerprint density at radius 2 is 0.785 bits per heavy atom. The maximum Gasteiger partial charge on any atom is 0.305 e. The van der Waals surface area contributed by atoms with E-state index in [9.17, 15) is 19.8 Å². The van der Waals surface area contributed by atoms with Gasteiger partial charge in [0.2, 0.25) is 5.91 Å². The first kappa shape index (κ1) is 63.3. The van der Waals surface area contributed by atoms with E-state index in [4.69, 9.17) is 4.74 Å². The first-order chi connectivity index (χ1) is 32.0. The van der Waals surface area contributed by atoms with Crippen molar-refractivity contribution in [2.75, 3.05) is 13.2 Å². The number of rotatable bonds is 54. The summed E-state index contributed by atoms with van der Waals surface area (Å²) in [6.45, 7) is 4.91. The third-order valence-corrected chi connectivity index (χ3v) is 13.5. The van der Waals surface area contributed by atoms with Crippen molar-refractivity contribution in [2.24, 2.45) is 0 Å². The average Bonchev–Trinajstić information content (AvgIpc) is 3.31. The molecule has 2 unspecified atom stereocenters. The minimum atomic E-state index is -0.699. The van der Waals surface area contributed by atoms with Crippen molar-refractivity contribution in [1.82, 2.24) is 5.32 Å². The molecule has 0 fully saturated rings. The molecule has 0 heterocycles. The van der Waals surface area contributed by atoms with E-state index in [0.29, 0.717) is 32.3 Å². The van der Waals surface area contributed by atoms with Gasteiger partial charge in [-0.15, -0.1) is 0 Å². The molecule has 0 aliphatic heterocycles. The molecule has 0 aliphatic rings. The Bertz CT molecular complexity index is 1010. The lowest BCUT2D eigenvalue weighted by Gasteiger charge is -2.22. The number of allylic oxidation sites excluding steroid dienone is 4. The van der Waals surface area contributed by atoms with Crippen LogP contribution in [0.5, 0.6) is 0 Å². The quantitative estimate of drug-likeness (QED) is 0.0321. The normalized spacial score (nSPS) is 12.7. The van der Waals surface area contributed by atoms with E-state index in [0.717, 1.165) is 51.4 Å². The molecule has 1 amide bonds. The zero-order valence-electron chi connectivity index (χ0n) is 43.7. The maximum absolute atomic E-state index is 12.5. The molecule has 0 saturated heterocycles. The van der Waals surface area contributed by atoms with Gasteiger partial charge in [-0.25, -0.2) is 0 Å². The Balaban J connectivity index is 3.53. The average molecular weight is 917 g/mol. The highest BCUT2D eigenvalue weighted by Crippen LogP contribution is 2.17. The molecule has 0 aromatic carbocycles. The van der Waals surface area contributed by atoms with Gasteiger partial charge in [0.1, 0.15) is 0 Å². The number of aliphatic hydroxyl groups is 2. The summed E-state index contributed by atoms with van der Waals surface area (Å²) in [5, 5.41) is 23.3. The van der Waals surface area contributed by atoms with Crippen molar-refractivity contribution in [2.45, 2.75) is 328 Å². The lowest BCUT2D eigenvalue weighted by atomic mass is 10.0. The molecule has 0 rings (SSSR count). The highest BCUT2D eigenvalue weighted by Gasteiger charge is 2.19. The number of hydrogen-bond acceptors (Lipinski definition) is 5. The van der Waals surface area contributed by atoms with Gasteiger partial charge in [-0.1, -0.05) is 282 Å². The molecular formula is C59H113NO5. The Hall–Kier alpha value is -1.66. The second-order valence-corrected chi connectivity index (χ2v) is 20.0.